The zero-order chi connectivity index (χ0) is 25.0. The third-order valence-corrected chi connectivity index (χ3v) is 4.36. The second-order valence-electron chi connectivity index (χ2n) is 7.42. The second kappa shape index (κ2) is 13.9. The number of carboxylic acid groups (broad SMARTS) is 2. The summed E-state index contributed by atoms with van der Waals surface area (Å²) in [5.41, 5.74) is 10.5. The zero-order valence-electron chi connectivity index (χ0n) is 17.9. The summed E-state index contributed by atoms with van der Waals surface area (Å²) in [5.74, 6) is -6.64. The number of primary amides is 1. The average Bonchev–Trinajstić information content (AvgIpc) is 2.69. The Kier molecular flexibility index (Phi) is 12.5. The Bertz CT molecular complexity index is 713. The highest BCUT2D eigenvalue weighted by molar-refractivity contribution is 5.94. The molecule has 0 saturated carbocycles. The maximum absolute atomic E-state index is 12.7. The SMILES string of the molecule is CC(C)C(NC(=O)C(CCC(N)=O)NC(=O)C(CCC(=O)O)NC(=O)C(N)CO)C(=O)O. The minimum atomic E-state index is -1.43. The van der Waals surface area contributed by atoms with Crippen molar-refractivity contribution in [3.63, 3.8) is 0 Å². The minimum absolute atomic E-state index is 0.271. The van der Waals surface area contributed by atoms with Gasteiger partial charge in [0.15, 0.2) is 0 Å². The van der Waals surface area contributed by atoms with Crippen molar-refractivity contribution >= 4 is 35.6 Å². The Hall–Kier alpha value is -3.26. The Morgan fingerprint density at radius 3 is 1.69 bits per heavy atom. The molecule has 0 aliphatic heterocycles. The first-order valence-electron chi connectivity index (χ1n) is 9.80. The van der Waals surface area contributed by atoms with Gasteiger partial charge in [0.1, 0.15) is 24.2 Å². The standard InChI is InChI=1S/C18H31N5O9/c1-8(2)14(18(31)32)23-17(30)10(3-5-12(20)25)22-16(29)11(4-6-13(26)27)21-15(28)9(19)7-24/h8-11,14,24H,3-7,19H2,1-2H3,(H2,20,25)(H,21,28)(H,22,29)(H,23,30)(H,26,27)(H,31,32). The number of aliphatic hydroxyl groups excluding tert-OH is 1. The molecule has 0 rings (SSSR count). The molecule has 182 valence electrons. The Morgan fingerprint density at radius 1 is 0.812 bits per heavy atom. The topological polar surface area (TPSA) is 251 Å². The van der Waals surface area contributed by atoms with E-state index in [1.807, 2.05) is 0 Å². The van der Waals surface area contributed by atoms with E-state index in [0.29, 0.717) is 0 Å². The van der Waals surface area contributed by atoms with Gasteiger partial charge in [0.25, 0.3) is 0 Å². The maximum atomic E-state index is 12.7. The van der Waals surface area contributed by atoms with Crippen LogP contribution in [0.25, 0.3) is 0 Å². The van der Waals surface area contributed by atoms with Gasteiger partial charge in [-0.05, 0) is 18.8 Å². The molecule has 0 aliphatic rings. The summed E-state index contributed by atoms with van der Waals surface area (Å²) < 4.78 is 0. The average molecular weight is 461 g/mol. The van der Waals surface area contributed by atoms with Crippen molar-refractivity contribution in [3.05, 3.63) is 0 Å². The third kappa shape index (κ3) is 10.7. The number of hydrogen-bond acceptors (Lipinski definition) is 8. The zero-order valence-corrected chi connectivity index (χ0v) is 17.9. The lowest BCUT2D eigenvalue weighted by Gasteiger charge is -2.25. The highest BCUT2D eigenvalue weighted by atomic mass is 16.4. The molecule has 0 spiro atoms. The Balaban J connectivity index is 5.57. The predicted molar refractivity (Wildman–Crippen MR) is 109 cm³/mol. The van der Waals surface area contributed by atoms with Crippen LogP contribution in [-0.4, -0.2) is 81.7 Å². The molecule has 0 aromatic heterocycles. The van der Waals surface area contributed by atoms with E-state index in [1.54, 1.807) is 13.8 Å². The Labute approximate surface area is 184 Å². The molecule has 4 amide bonds. The number of carbonyl (C=O) groups is 6. The van der Waals surface area contributed by atoms with Crippen LogP contribution in [0.5, 0.6) is 0 Å². The van der Waals surface area contributed by atoms with E-state index in [9.17, 15) is 33.9 Å². The van der Waals surface area contributed by atoms with Crippen LogP contribution in [0, 0.1) is 5.92 Å². The van der Waals surface area contributed by atoms with Crippen LogP contribution in [0.2, 0.25) is 0 Å². The number of rotatable bonds is 15. The molecule has 0 radical (unpaired) electrons. The van der Waals surface area contributed by atoms with Gasteiger partial charge in [-0.25, -0.2) is 4.79 Å². The fourth-order valence-electron chi connectivity index (χ4n) is 2.49. The van der Waals surface area contributed by atoms with Crippen molar-refractivity contribution in [2.45, 2.75) is 63.7 Å². The molecule has 4 atom stereocenters. The number of amides is 4. The second-order valence-corrected chi connectivity index (χ2v) is 7.42. The first kappa shape index (κ1) is 28.7. The normalized spacial score (nSPS) is 14.5. The van der Waals surface area contributed by atoms with Gasteiger partial charge in [-0.2, -0.15) is 0 Å². The highest BCUT2D eigenvalue weighted by Crippen LogP contribution is 2.06. The van der Waals surface area contributed by atoms with E-state index in [1.165, 1.54) is 0 Å². The van der Waals surface area contributed by atoms with Crippen molar-refractivity contribution in [1.29, 1.82) is 0 Å². The minimum Gasteiger partial charge on any atom is -0.481 e. The number of hydrogen-bond donors (Lipinski definition) is 8. The summed E-state index contributed by atoms with van der Waals surface area (Å²) in [7, 11) is 0. The smallest absolute Gasteiger partial charge is 0.326 e. The van der Waals surface area contributed by atoms with Crippen molar-refractivity contribution in [3.8, 4) is 0 Å². The summed E-state index contributed by atoms with van der Waals surface area (Å²) in [4.78, 5) is 70.6. The fourth-order valence-corrected chi connectivity index (χ4v) is 2.49. The summed E-state index contributed by atoms with van der Waals surface area (Å²) in [6.07, 6.45) is -1.47. The quantitative estimate of drug-likeness (QED) is 0.120. The van der Waals surface area contributed by atoms with Crippen LogP contribution >= 0.6 is 0 Å². The molecule has 0 aromatic rings. The molecule has 0 bridgehead atoms. The van der Waals surface area contributed by atoms with Crippen molar-refractivity contribution < 1.29 is 44.1 Å². The van der Waals surface area contributed by atoms with E-state index in [2.05, 4.69) is 16.0 Å². The lowest BCUT2D eigenvalue weighted by atomic mass is 10.0. The number of nitrogens with two attached hydrogens (primary N) is 2. The van der Waals surface area contributed by atoms with Gasteiger partial charge in [-0.1, -0.05) is 13.8 Å². The molecule has 0 aliphatic carbocycles. The summed E-state index contributed by atoms with van der Waals surface area (Å²) >= 11 is 0. The third-order valence-electron chi connectivity index (χ3n) is 4.36. The molecule has 0 aromatic carbocycles. The van der Waals surface area contributed by atoms with Gasteiger partial charge in [-0.3, -0.25) is 24.0 Å². The molecular weight excluding hydrogens is 430 g/mol. The van der Waals surface area contributed by atoms with E-state index >= 15 is 0 Å². The molecule has 32 heavy (non-hydrogen) atoms. The van der Waals surface area contributed by atoms with Crippen LogP contribution in [0.4, 0.5) is 0 Å². The van der Waals surface area contributed by atoms with Crippen LogP contribution in [0.1, 0.15) is 39.5 Å². The molecule has 0 saturated heterocycles. The number of aliphatic hydroxyl groups is 1. The molecule has 14 heteroatoms. The van der Waals surface area contributed by atoms with Crippen molar-refractivity contribution in [2.24, 2.45) is 17.4 Å². The number of nitrogens with one attached hydrogen (secondary N) is 3. The van der Waals surface area contributed by atoms with E-state index in [4.69, 9.17) is 21.7 Å². The van der Waals surface area contributed by atoms with Crippen LogP contribution in [0.3, 0.4) is 0 Å². The van der Waals surface area contributed by atoms with Gasteiger partial charge in [0.05, 0.1) is 6.61 Å². The van der Waals surface area contributed by atoms with Gasteiger partial charge < -0.3 is 42.7 Å². The fraction of sp³-hybridized carbons (Fsp3) is 0.667. The van der Waals surface area contributed by atoms with Crippen LogP contribution < -0.4 is 27.4 Å². The monoisotopic (exact) mass is 461 g/mol. The first-order chi connectivity index (χ1) is 14.8. The molecule has 4 unspecified atom stereocenters. The Morgan fingerprint density at radius 2 is 1.28 bits per heavy atom. The summed E-state index contributed by atoms with van der Waals surface area (Å²) in [6, 6.07) is -5.47. The lowest BCUT2D eigenvalue weighted by molar-refractivity contribution is -0.143. The van der Waals surface area contributed by atoms with Gasteiger partial charge in [0, 0.05) is 12.8 Å². The van der Waals surface area contributed by atoms with E-state index in [0.717, 1.165) is 0 Å². The van der Waals surface area contributed by atoms with Gasteiger partial charge >= 0.3 is 11.9 Å². The summed E-state index contributed by atoms with van der Waals surface area (Å²) in [6.45, 7) is 2.38. The molecule has 0 heterocycles. The molecule has 10 N–H and O–H groups in total. The van der Waals surface area contributed by atoms with Crippen molar-refractivity contribution in [2.75, 3.05) is 6.61 Å². The summed E-state index contributed by atoms with van der Waals surface area (Å²) in [5, 5.41) is 33.8. The van der Waals surface area contributed by atoms with Gasteiger partial charge in [0.2, 0.25) is 23.6 Å². The number of carbonyl (C=O) groups excluding carboxylic acids is 4. The lowest BCUT2D eigenvalue weighted by Crippen LogP contribution is -2.58. The predicted octanol–water partition coefficient (Wildman–Crippen LogP) is -3.37. The molecular formula is C18H31N5O9. The van der Waals surface area contributed by atoms with E-state index in [-0.39, 0.29) is 19.3 Å². The first-order valence-corrected chi connectivity index (χ1v) is 9.80. The molecule has 0 fully saturated rings. The largest absolute Gasteiger partial charge is 0.481 e. The number of aliphatic carboxylic acids is 2. The molecule has 14 nitrogen and oxygen atoms in total. The van der Waals surface area contributed by atoms with E-state index < -0.39 is 78.7 Å². The van der Waals surface area contributed by atoms with Crippen LogP contribution in [0.15, 0.2) is 0 Å². The number of carboxylic acids is 2. The highest BCUT2D eigenvalue weighted by Gasteiger charge is 2.31. The van der Waals surface area contributed by atoms with Crippen LogP contribution in [-0.2, 0) is 28.8 Å². The van der Waals surface area contributed by atoms with Crippen molar-refractivity contribution in [1.82, 2.24) is 16.0 Å². The maximum Gasteiger partial charge on any atom is 0.326 e. The van der Waals surface area contributed by atoms with Gasteiger partial charge in [-0.15, -0.1) is 0 Å².